The third-order valence-electron chi connectivity index (χ3n) is 3.36. The van der Waals surface area contributed by atoms with Gasteiger partial charge in [0.1, 0.15) is 0 Å². The summed E-state index contributed by atoms with van der Waals surface area (Å²) in [4.78, 5) is 35.6. The predicted octanol–water partition coefficient (Wildman–Crippen LogP) is 3.39. The molecule has 0 aromatic heterocycles. The highest BCUT2D eigenvalue weighted by atomic mass is 32.2. The van der Waals surface area contributed by atoms with Crippen LogP contribution in [0.5, 0.6) is 0 Å². The van der Waals surface area contributed by atoms with E-state index in [0.29, 0.717) is 5.56 Å². The van der Waals surface area contributed by atoms with Gasteiger partial charge in [0.25, 0.3) is 0 Å². The molecule has 23 heavy (non-hydrogen) atoms. The van der Waals surface area contributed by atoms with E-state index in [-0.39, 0.29) is 0 Å². The zero-order valence-corrected chi connectivity index (χ0v) is 13.7. The van der Waals surface area contributed by atoms with Crippen LogP contribution >= 0.6 is 11.8 Å². The molecule has 0 saturated heterocycles. The Bertz CT molecular complexity index is 718. The first kappa shape index (κ1) is 17.0. The molecule has 4 nitrogen and oxygen atoms in total. The van der Waals surface area contributed by atoms with Crippen molar-refractivity contribution >= 4 is 29.3 Å². The highest BCUT2D eigenvalue weighted by Gasteiger charge is 2.19. The number of benzene rings is 2. The smallest absolute Gasteiger partial charge is 0.374 e. The van der Waals surface area contributed by atoms with Gasteiger partial charge in [-0.15, -0.1) is 11.8 Å². The first-order valence-corrected chi connectivity index (χ1v) is 8.16. The molecule has 0 N–H and O–H groups in total. The van der Waals surface area contributed by atoms with Gasteiger partial charge in [-0.1, -0.05) is 36.4 Å². The molecule has 2 aromatic carbocycles. The molecule has 2 aromatic rings. The van der Waals surface area contributed by atoms with E-state index in [0.717, 1.165) is 18.2 Å². The quantitative estimate of drug-likeness (QED) is 0.267. The lowest BCUT2D eigenvalue weighted by Crippen LogP contribution is -2.19. The number of Topliss-reactive ketones (excluding diaryl/α,β-unsaturated/α-hetero) is 2. The summed E-state index contributed by atoms with van der Waals surface area (Å²) in [6.07, 6.45) is 1.54. The molecule has 0 fully saturated rings. The lowest BCUT2D eigenvalue weighted by molar-refractivity contribution is -0.151. The zero-order chi connectivity index (χ0) is 16.8. The Labute approximate surface area is 138 Å². The van der Waals surface area contributed by atoms with Crippen molar-refractivity contribution in [3.8, 4) is 11.1 Å². The predicted molar refractivity (Wildman–Crippen MR) is 89.6 cm³/mol. The van der Waals surface area contributed by atoms with Crippen LogP contribution in [0.15, 0.2) is 53.4 Å². The number of thioether (sulfide) groups is 1. The number of carbonyl (C=O) groups is 3. The van der Waals surface area contributed by atoms with Gasteiger partial charge in [0.05, 0.1) is 13.5 Å². The van der Waals surface area contributed by atoms with Gasteiger partial charge in [0, 0.05) is 10.5 Å². The van der Waals surface area contributed by atoms with E-state index in [4.69, 9.17) is 0 Å². The second-order valence-electron chi connectivity index (χ2n) is 4.82. The normalized spacial score (nSPS) is 10.2. The summed E-state index contributed by atoms with van der Waals surface area (Å²) in [5.74, 6) is -2.23. The molecule has 0 saturated carbocycles. The van der Waals surface area contributed by atoms with Gasteiger partial charge in [-0.25, -0.2) is 4.79 Å². The number of hydrogen-bond acceptors (Lipinski definition) is 5. The molecule has 0 unspecified atom stereocenters. The maximum absolute atomic E-state index is 12.0. The van der Waals surface area contributed by atoms with Crippen molar-refractivity contribution in [1.82, 2.24) is 0 Å². The van der Waals surface area contributed by atoms with E-state index in [1.54, 1.807) is 23.9 Å². The second kappa shape index (κ2) is 7.74. The third kappa shape index (κ3) is 4.29. The summed E-state index contributed by atoms with van der Waals surface area (Å²) in [6.45, 7) is 0. The van der Waals surface area contributed by atoms with Gasteiger partial charge in [-0.05, 0) is 29.5 Å². The number of methoxy groups -OCH3 is 1. The molecule has 0 spiro atoms. The molecule has 0 aliphatic carbocycles. The van der Waals surface area contributed by atoms with E-state index in [2.05, 4.69) is 4.74 Å². The maximum atomic E-state index is 12.0. The van der Waals surface area contributed by atoms with Crippen LogP contribution in [-0.2, 0) is 14.3 Å². The lowest BCUT2D eigenvalue weighted by Gasteiger charge is -2.05. The second-order valence-corrected chi connectivity index (χ2v) is 5.70. The van der Waals surface area contributed by atoms with Gasteiger partial charge in [0.15, 0.2) is 5.78 Å². The van der Waals surface area contributed by atoms with Gasteiger partial charge in [0.2, 0.25) is 5.78 Å². The first-order chi connectivity index (χ1) is 11.0. The van der Waals surface area contributed by atoms with Crippen LogP contribution < -0.4 is 0 Å². The number of carbonyl (C=O) groups excluding carboxylic acids is 3. The minimum atomic E-state index is -0.996. The number of ketones is 2. The summed E-state index contributed by atoms with van der Waals surface area (Å²) >= 11 is 1.67. The van der Waals surface area contributed by atoms with Gasteiger partial charge < -0.3 is 4.74 Å². The number of esters is 1. The fraction of sp³-hybridized carbons (Fsp3) is 0.167. The van der Waals surface area contributed by atoms with E-state index in [9.17, 15) is 14.4 Å². The number of ether oxygens (including phenoxy) is 1. The van der Waals surface area contributed by atoms with Crippen molar-refractivity contribution in [1.29, 1.82) is 0 Å². The van der Waals surface area contributed by atoms with Crippen LogP contribution in [0, 0.1) is 0 Å². The molecule has 0 amide bonds. The Balaban J connectivity index is 2.10. The van der Waals surface area contributed by atoms with Gasteiger partial charge in [-0.2, -0.15) is 0 Å². The van der Waals surface area contributed by atoms with Crippen molar-refractivity contribution < 1.29 is 19.1 Å². The fourth-order valence-corrected chi connectivity index (χ4v) is 2.47. The summed E-state index contributed by atoms with van der Waals surface area (Å²) in [7, 11) is 1.11. The Morgan fingerprint density at radius 2 is 1.43 bits per heavy atom. The average Bonchev–Trinajstić information content (AvgIpc) is 2.61. The third-order valence-corrected chi connectivity index (χ3v) is 4.11. The molecule has 5 heteroatoms. The molecule has 0 aliphatic rings. The van der Waals surface area contributed by atoms with Crippen molar-refractivity contribution in [3.63, 3.8) is 0 Å². The van der Waals surface area contributed by atoms with Crippen molar-refractivity contribution in [2.45, 2.75) is 11.3 Å². The van der Waals surface area contributed by atoms with E-state index >= 15 is 0 Å². The highest BCUT2D eigenvalue weighted by molar-refractivity contribution is 7.98. The minimum Gasteiger partial charge on any atom is -0.463 e. The summed E-state index contributed by atoms with van der Waals surface area (Å²) in [5.41, 5.74) is 2.42. The Hall–Kier alpha value is -2.40. The van der Waals surface area contributed by atoms with Gasteiger partial charge in [-0.3, -0.25) is 9.59 Å². The monoisotopic (exact) mass is 328 g/mol. The van der Waals surface area contributed by atoms with Crippen molar-refractivity contribution in [3.05, 3.63) is 54.1 Å². The van der Waals surface area contributed by atoms with Crippen molar-refractivity contribution in [2.24, 2.45) is 0 Å². The van der Waals surface area contributed by atoms with Crippen molar-refractivity contribution in [2.75, 3.05) is 13.4 Å². The molecular formula is C18H16O4S. The van der Waals surface area contributed by atoms with Crippen LogP contribution in [0.2, 0.25) is 0 Å². The summed E-state index contributed by atoms with van der Waals surface area (Å²) < 4.78 is 4.30. The van der Waals surface area contributed by atoms with Crippen LogP contribution in [-0.4, -0.2) is 30.9 Å². The molecule has 0 aliphatic heterocycles. The molecule has 0 radical (unpaired) electrons. The molecule has 118 valence electrons. The Morgan fingerprint density at radius 1 is 0.913 bits per heavy atom. The lowest BCUT2D eigenvalue weighted by atomic mass is 10.0. The molecular weight excluding hydrogens is 312 g/mol. The zero-order valence-electron chi connectivity index (χ0n) is 12.9. The van der Waals surface area contributed by atoms with E-state index in [1.165, 1.54) is 4.90 Å². The molecule has 0 heterocycles. The Kier molecular flexibility index (Phi) is 5.71. The van der Waals surface area contributed by atoms with E-state index in [1.807, 2.05) is 42.7 Å². The first-order valence-electron chi connectivity index (χ1n) is 6.94. The van der Waals surface area contributed by atoms with E-state index < -0.39 is 24.0 Å². The molecule has 0 bridgehead atoms. The van der Waals surface area contributed by atoms with Crippen LogP contribution in [0.3, 0.4) is 0 Å². The highest BCUT2D eigenvalue weighted by Crippen LogP contribution is 2.23. The number of hydrogen-bond donors (Lipinski definition) is 0. The fourth-order valence-electron chi connectivity index (χ4n) is 2.07. The van der Waals surface area contributed by atoms with Crippen LogP contribution in [0.25, 0.3) is 11.1 Å². The topological polar surface area (TPSA) is 60.4 Å². The summed E-state index contributed by atoms with van der Waals surface area (Å²) in [5, 5.41) is 0. The van der Waals surface area contributed by atoms with Crippen LogP contribution in [0.4, 0.5) is 0 Å². The van der Waals surface area contributed by atoms with Crippen LogP contribution in [0.1, 0.15) is 16.8 Å². The number of rotatable bonds is 6. The summed E-state index contributed by atoms with van der Waals surface area (Å²) in [6, 6.07) is 15.1. The largest absolute Gasteiger partial charge is 0.463 e. The molecule has 0 atom stereocenters. The minimum absolute atomic E-state index is 0.395. The maximum Gasteiger partial charge on any atom is 0.374 e. The standard InChI is InChI=1S/C18H16O4S/c1-22-18(21)17(20)11-16(19)14-5-3-12(4-6-14)13-7-9-15(23-2)10-8-13/h3-10H,11H2,1-2H3. The average molecular weight is 328 g/mol. The SMILES string of the molecule is COC(=O)C(=O)CC(=O)c1ccc(-c2ccc(SC)cc2)cc1. The molecule has 2 rings (SSSR count). The van der Waals surface area contributed by atoms with Gasteiger partial charge >= 0.3 is 5.97 Å². The Morgan fingerprint density at radius 3 is 1.91 bits per heavy atom.